The Kier molecular flexibility index (Phi) is 6.25. The first-order valence-electron chi connectivity index (χ1n) is 11.7. The van der Waals surface area contributed by atoms with Crippen molar-refractivity contribution in [2.24, 2.45) is 5.92 Å². The van der Waals surface area contributed by atoms with Crippen molar-refractivity contribution >= 4 is 29.7 Å². The zero-order valence-corrected chi connectivity index (χ0v) is 19.8. The second kappa shape index (κ2) is 9.33. The van der Waals surface area contributed by atoms with Gasteiger partial charge in [0.1, 0.15) is 12.6 Å². The van der Waals surface area contributed by atoms with Gasteiger partial charge < -0.3 is 20.1 Å². The molecule has 3 unspecified atom stereocenters. The molecule has 2 N–H and O–H groups in total. The minimum Gasteiger partial charge on any atom is -0.480 e. The predicted octanol–water partition coefficient (Wildman–Crippen LogP) is 4.07. The maximum Gasteiger partial charge on any atom is 0.407 e. The van der Waals surface area contributed by atoms with E-state index in [1.165, 1.54) is 4.90 Å². The summed E-state index contributed by atoms with van der Waals surface area (Å²) in [7, 11) is 0. The first-order chi connectivity index (χ1) is 16.4. The molecule has 1 saturated carbocycles. The summed E-state index contributed by atoms with van der Waals surface area (Å²) in [6.45, 7) is 1.94. The highest BCUT2D eigenvalue weighted by atomic mass is 32.2. The third-order valence-electron chi connectivity index (χ3n) is 6.82. The van der Waals surface area contributed by atoms with E-state index in [4.69, 9.17) is 4.74 Å². The number of rotatable bonds is 7. The molecule has 7 nitrogen and oxygen atoms in total. The number of alkyl carbamates (subject to hydrolysis) is 1. The Morgan fingerprint density at radius 3 is 2.29 bits per heavy atom. The molecule has 2 aromatic carbocycles. The van der Waals surface area contributed by atoms with Gasteiger partial charge in [0.05, 0.1) is 5.37 Å². The third-order valence-corrected chi connectivity index (χ3v) is 8.28. The number of hydrogen-bond acceptors (Lipinski definition) is 5. The van der Waals surface area contributed by atoms with Gasteiger partial charge in [-0.1, -0.05) is 48.5 Å². The summed E-state index contributed by atoms with van der Waals surface area (Å²) in [4.78, 5) is 38.7. The van der Waals surface area contributed by atoms with Crippen LogP contribution in [0.5, 0.6) is 0 Å². The lowest BCUT2D eigenvalue weighted by Crippen LogP contribution is -2.48. The molecule has 2 aromatic rings. The molecule has 2 fully saturated rings. The van der Waals surface area contributed by atoms with E-state index in [0.29, 0.717) is 11.7 Å². The highest BCUT2D eigenvalue weighted by molar-refractivity contribution is 8.00. The molecule has 2 amide bonds. The SMILES string of the molecule is CC(CC(=O)N1C(C(=O)O)CSC1C1CC1)NC(=O)OCC1c2ccccc2-c2ccccc21. The number of benzene rings is 2. The molecule has 1 heterocycles. The van der Waals surface area contributed by atoms with Crippen LogP contribution in [-0.4, -0.2) is 57.8 Å². The summed E-state index contributed by atoms with van der Waals surface area (Å²) in [5, 5.41) is 12.2. The van der Waals surface area contributed by atoms with Gasteiger partial charge in [0.2, 0.25) is 5.91 Å². The number of thioether (sulfide) groups is 1. The van der Waals surface area contributed by atoms with Crippen LogP contribution in [0.2, 0.25) is 0 Å². The molecular weight excluding hydrogens is 452 g/mol. The number of nitrogens with one attached hydrogen (secondary N) is 1. The van der Waals surface area contributed by atoms with Crippen LogP contribution in [0, 0.1) is 5.92 Å². The number of nitrogens with zero attached hydrogens (tertiary/aromatic N) is 1. The van der Waals surface area contributed by atoms with Gasteiger partial charge in [-0.15, -0.1) is 11.8 Å². The van der Waals surface area contributed by atoms with Crippen molar-refractivity contribution < 1.29 is 24.2 Å². The number of hydrogen-bond donors (Lipinski definition) is 2. The van der Waals surface area contributed by atoms with Crippen LogP contribution in [0.25, 0.3) is 11.1 Å². The Morgan fingerprint density at radius 2 is 1.71 bits per heavy atom. The molecular formula is C26H28N2O5S. The van der Waals surface area contributed by atoms with Crippen LogP contribution >= 0.6 is 11.8 Å². The van der Waals surface area contributed by atoms with Gasteiger partial charge in [-0.25, -0.2) is 9.59 Å². The van der Waals surface area contributed by atoms with Crippen molar-refractivity contribution in [1.82, 2.24) is 10.2 Å². The number of carboxylic acids is 1. The zero-order chi connectivity index (χ0) is 23.8. The first-order valence-corrected chi connectivity index (χ1v) is 12.8. The monoisotopic (exact) mass is 480 g/mol. The summed E-state index contributed by atoms with van der Waals surface area (Å²) >= 11 is 1.55. The molecule has 0 spiro atoms. The third kappa shape index (κ3) is 4.39. The van der Waals surface area contributed by atoms with Crippen molar-refractivity contribution in [3.05, 3.63) is 59.7 Å². The Labute approximate surface area is 202 Å². The average Bonchev–Trinajstić information content (AvgIpc) is 3.47. The number of amides is 2. The van der Waals surface area contributed by atoms with Crippen LogP contribution < -0.4 is 5.32 Å². The fraction of sp³-hybridized carbons (Fsp3) is 0.423. The number of aliphatic carboxylic acids is 1. The number of fused-ring (bicyclic) bond motifs is 3. The van der Waals surface area contributed by atoms with E-state index in [1.54, 1.807) is 18.7 Å². The summed E-state index contributed by atoms with van der Waals surface area (Å²) in [5.74, 6) is -0.450. The lowest BCUT2D eigenvalue weighted by atomic mass is 9.98. The van der Waals surface area contributed by atoms with Crippen LogP contribution in [-0.2, 0) is 14.3 Å². The van der Waals surface area contributed by atoms with E-state index < -0.39 is 24.1 Å². The molecule has 178 valence electrons. The Hall–Kier alpha value is -3.00. The molecule has 0 aromatic heterocycles. The Balaban J connectivity index is 1.18. The standard InChI is InChI=1S/C26H28N2O5S/c1-15(12-23(29)28-22(25(30)31)14-34-24(28)16-10-11-16)27-26(32)33-13-21-19-8-4-2-6-17(19)18-7-3-5-9-20(18)21/h2-9,15-16,21-22,24H,10-14H2,1H3,(H,27,32)(H,30,31). The van der Waals surface area contributed by atoms with E-state index >= 15 is 0 Å². The summed E-state index contributed by atoms with van der Waals surface area (Å²) in [6.07, 6.45) is 1.52. The van der Waals surface area contributed by atoms with Gasteiger partial charge in [-0.2, -0.15) is 0 Å². The van der Waals surface area contributed by atoms with Crippen LogP contribution in [0.3, 0.4) is 0 Å². The Morgan fingerprint density at radius 1 is 1.09 bits per heavy atom. The summed E-state index contributed by atoms with van der Waals surface area (Å²) in [6, 6.07) is 15.0. The highest BCUT2D eigenvalue weighted by Crippen LogP contribution is 2.46. The molecule has 3 aliphatic rings. The van der Waals surface area contributed by atoms with E-state index in [0.717, 1.165) is 35.1 Å². The zero-order valence-electron chi connectivity index (χ0n) is 19.0. The molecule has 3 atom stereocenters. The fourth-order valence-electron chi connectivity index (χ4n) is 5.04. The van der Waals surface area contributed by atoms with E-state index in [2.05, 4.69) is 29.6 Å². The smallest absolute Gasteiger partial charge is 0.407 e. The number of ether oxygens (including phenoxy) is 1. The van der Waals surface area contributed by atoms with Gasteiger partial charge in [0.15, 0.2) is 0 Å². The van der Waals surface area contributed by atoms with Gasteiger partial charge in [0.25, 0.3) is 0 Å². The molecule has 0 radical (unpaired) electrons. The van der Waals surface area contributed by atoms with Crippen molar-refractivity contribution in [2.75, 3.05) is 12.4 Å². The van der Waals surface area contributed by atoms with Crippen molar-refractivity contribution in [2.45, 2.75) is 49.6 Å². The van der Waals surface area contributed by atoms with E-state index in [-0.39, 0.29) is 30.2 Å². The molecule has 1 aliphatic heterocycles. The second-order valence-electron chi connectivity index (χ2n) is 9.29. The van der Waals surface area contributed by atoms with Gasteiger partial charge in [-0.3, -0.25) is 4.79 Å². The lowest BCUT2D eigenvalue weighted by molar-refractivity contribution is -0.149. The van der Waals surface area contributed by atoms with Gasteiger partial charge in [-0.05, 0) is 47.9 Å². The minimum absolute atomic E-state index is 0.0349. The minimum atomic E-state index is -0.971. The van der Waals surface area contributed by atoms with Crippen LogP contribution in [0.15, 0.2) is 48.5 Å². The quantitative estimate of drug-likeness (QED) is 0.620. The maximum atomic E-state index is 13.0. The second-order valence-corrected chi connectivity index (χ2v) is 10.4. The molecule has 34 heavy (non-hydrogen) atoms. The number of carboxylic acid groups (broad SMARTS) is 1. The average molecular weight is 481 g/mol. The molecule has 0 bridgehead atoms. The number of carbonyl (C=O) groups is 3. The van der Waals surface area contributed by atoms with Gasteiger partial charge in [0, 0.05) is 24.1 Å². The highest BCUT2D eigenvalue weighted by Gasteiger charge is 2.48. The van der Waals surface area contributed by atoms with E-state index in [9.17, 15) is 19.5 Å². The largest absolute Gasteiger partial charge is 0.480 e. The van der Waals surface area contributed by atoms with E-state index in [1.807, 2.05) is 24.3 Å². The summed E-state index contributed by atoms with van der Waals surface area (Å²) in [5.41, 5.74) is 4.59. The van der Waals surface area contributed by atoms with Crippen molar-refractivity contribution in [3.63, 3.8) is 0 Å². The normalized spacial score (nSPS) is 22.1. The van der Waals surface area contributed by atoms with Crippen molar-refractivity contribution in [1.29, 1.82) is 0 Å². The summed E-state index contributed by atoms with van der Waals surface area (Å²) < 4.78 is 5.57. The molecule has 8 heteroatoms. The number of carbonyl (C=O) groups excluding carboxylic acids is 2. The van der Waals surface area contributed by atoms with Crippen molar-refractivity contribution in [3.8, 4) is 11.1 Å². The topological polar surface area (TPSA) is 95.9 Å². The van der Waals surface area contributed by atoms with Crippen LogP contribution in [0.4, 0.5) is 4.79 Å². The Bertz CT molecular complexity index is 1070. The maximum absolute atomic E-state index is 13.0. The first kappa shape index (κ1) is 22.8. The molecule has 1 saturated heterocycles. The fourth-order valence-corrected chi connectivity index (χ4v) is 6.69. The molecule has 5 rings (SSSR count). The lowest BCUT2D eigenvalue weighted by Gasteiger charge is -2.28. The molecule has 2 aliphatic carbocycles. The predicted molar refractivity (Wildman–Crippen MR) is 130 cm³/mol. The van der Waals surface area contributed by atoms with Gasteiger partial charge >= 0.3 is 12.1 Å². The van der Waals surface area contributed by atoms with Crippen LogP contribution in [0.1, 0.15) is 43.2 Å².